The Morgan fingerprint density at radius 1 is 0.867 bits per heavy atom. The third-order valence-electron chi connectivity index (χ3n) is 10.9. The lowest BCUT2D eigenvalue weighted by atomic mass is 9.91. The van der Waals surface area contributed by atoms with Gasteiger partial charge in [-0.2, -0.15) is 0 Å². The van der Waals surface area contributed by atoms with Gasteiger partial charge in [-0.25, -0.2) is 4.79 Å². The van der Waals surface area contributed by atoms with Crippen molar-refractivity contribution in [2.75, 3.05) is 13.6 Å². The number of benzene rings is 2. The van der Waals surface area contributed by atoms with E-state index in [1.54, 1.807) is 18.7 Å². The van der Waals surface area contributed by atoms with Crippen LogP contribution in [0, 0.1) is 0 Å². The molecule has 0 saturated carbocycles. The molecule has 240 valence electrons. The fourth-order valence-electron chi connectivity index (χ4n) is 8.29. The second-order valence-corrected chi connectivity index (χ2v) is 13.4. The Kier molecular flexibility index (Phi) is 10.3. The summed E-state index contributed by atoms with van der Waals surface area (Å²) in [4.78, 5) is 38.7. The topological polar surface area (TPSA) is 70.3 Å². The number of aromatic nitrogens is 2. The molecule has 3 aromatic rings. The normalized spacial score (nSPS) is 24.8. The Labute approximate surface area is 276 Å². The number of quaternary nitrogens is 1. The van der Waals surface area contributed by atoms with Crippen molar-refractivity contribution in [1.29, 1.82) is 0 Å². The number of halogens is 1. The summed E-state index contributed by atoms with van der Waals surface area (Å²) in [7, 11) is 5.73. The van der Waals surface area contributed by atoms with Crippen molar-refractivity contribution in [3.63, 3.8) is 0 Å². The lowest BCUT2D eigenvalue weighted by molar-refractivity contribution is -0.949. The van der Waals surface area contributed by atoms with Gasteiger partial charge in [0.15, 0.2) is 0 Å². The lowest BCUT2D eigenvalue weighted by Gasteiger charge is -2.47. The van der Waals surface area contributed by atoms with Gasteiger partial charge in [0.2, 0.25) is 0 Å². The highest BCUT2D eigenvalue weighted by atomic mass is 79.9. The second-order valence-electron chi connectivity index (χ2n) is 13.4. The fraction of sp³-hybridized carbons (Fsp3) is 0.486. The van der Waals surface area contributed by atoms with Crippen LogP contribution in [0.15, 0.2) is 76.3 Å². The molecule has 1 aliphatic carbocycles. The first-order valence-corrected chi connectivity index (χ1v) is 16.4. The first kappa shape index (κ1) is 33.1. The summed E-state index contributed by atoms with van der Waals surface area (Å²) in [5.41, 5.74) is 3.06. The molecule has 6 rings (SSSR count). The highest BCUT2D eigenvalue weighted by Gasteiger charge is 2.52. The summed E-state index contributed by atoms with van der Waals surface area (Å²) in [5.74, 6) is -0.440. The van der Waals surface area contributed by atoms with Gasteiger partial charge in [0.1, 0.15) is 12.0 Å². The molecule has 2 bridgehead atoms. The number of allylic oxidation sites excluding steroid dienone is 1. The van der Waals surface area contributed by atoms with E-state index in [1.165, 1.54) is 36.8 Å². The average molecular weight is 677 g/mol. The molecule has 0 radical (unpaired) electrons. The van der Waals surface area contributed by atoms with E-state index in [0.717, 1.165) is 59.0 Å². The number of hydrogen-bond donors (Lipinski definition) is 0. The predicted molar refractivity (Wildman–Crippen MR) is 173 cm³/mol. The van der Waals surface area contributed by atoms with Gasteiger partial charge in [0, 0.05) is 51.3 Å². The number of nitrogens with zero attached hydrogens (tertiary/aromatic N) is 3. The Hall–Kier alpha value is -3.23. The van der Waals surface area contributed by atoms with E-state index < -0.39 is 5.92 Å². The number of piperidine rings is 1. The molecule has 45 heavy (non-hydrogen) atoms. The molecular formula is C37H46BrN3O4. The van der Waals surface area contributed by atoms with Crippen LogP contribution in [-0.4, -0.2) is 51.4 Å². The van der Waals surface area contributed by atoms with Crippen LogP contribution in [0.4, 0.5) is 0 Å². The van der Waals surface area contributed by atoms with E-state index >= 15 is 0 Å². The summed E-state index contributed by atoms with van der Waals surface area (Å²) in [5, 5.41) is 0. The maximum atomic E-state index is 13.6. The number of rotatable bonds is 11. The molecule has 2 aliphatic heterocycles. The van der Waals surface area contributed by atoms with E-state index in [-0.39, 0.29) is 46.2 Å². The first-order chi connectivity index (χ1) is 21.3. The Bertz CT molecular complexity index is 1580. The number of unbranched alkanes of at least 4 members (excludes halogenated alkanes) is 3. The summed E-state index contributed by atoms with van der Waals surface area (Å²) in [6, 6.07) is 21.1. The third-order valence-corrected chi connectivity index (χ3v) is 10.9. The van der Waals surface area contributed by atoms with Gasteiger partial charge in [-0.3, -0.25) is 18.7 Å². The SMILES string of the molecule is Cn1c2c(c(=O)n(C)c1=O)C(CCCCCC[N+]1(C)C3CCC1CC(OC(=O)C(c1ccccc1)c1ccccc1)C3)C=C2.[Br-]. The van der Waals surface area contributed by atoms with Crippen LogP contribution in [0.3, 0.4) is 0 Å². The highest BCUT2D eigenvalue weighted by molar-refractivity contribution is 5.82. The van der Waals surface area contributed by atoms with Gasteiger partial charge in [-0.15, -0.1) is 0 Å². The van der Waals surface area contributed by atoms with Crippen molar-refractivity contribution in [2.24, 2.45) is 14.1 Å². The summed E-state index contributed by atoms with van der Waals surface area (Å²) in [6.45, 7) is 1.17. The quantitative estimate of drug-likeness (QED) is 0.178. The average Bonchev–Trinajstić information content (AvgIpc) is 3.50. The van der Waals surface area contributed by atoms with Crippen LogP contribution in [-0.2, 0) is 23.6 Å². The van der Waals surface area contributed by atoms with Crippen LogP contribution in [0.2, 0.25) is 0 Å². The van der Waals surface area contributed by atoms with E-state index in [9.17, 15) is 14.4 Å². The van der Waals surface area contributed by atoms with Crippen molar-refractivity contribution in [3.05, 3.63) is 110 Å². The molecule has 2 saturated heterocycles. The number of carbonyl (C=O) groups is 1. The molecule has 2 fully saturated rings. The van der Waals surface area contributed by atoms with Crippen LogP contribution in [0.5, 0.6) is 0 Å². The maximum absolute atomic E-state index is 13.6. The highest BCUT2D eigenvalue weighted by Crippen LogP contribution is 2.43. The minimum absolute atomic E-state index is 0. The smallest absolute Gasteiger partial charge is 0.330 e. The zero-order valence-electron chi connectivity index (χ0n) is 26.7. The maximum Gasteiger partial charge on any atom is 0.330 e. The summed E-state index contributed by atoms with van der Waals surface area (Å²) >= 11 is 0. The molecule has 0 N–H and O–H groups in total. The fourth-order valence-corrected chi connectivity index (χ4v) is 8.29. The van der Waals surface area contributed by atoms with E-state index in [4.69, 9.17) is 4.74 Å². The van der Waals surface area contributed by atoms with Gasteiger partial charge in [0.25, 0.3) is 5.56 Å². The summed E-state index contributed by atoms with van der Waals surface area (Å²) < 4.78 is 10.2. The number of esters is 1. The van der Waals surface area contributed by atoms with Crippen LogP contribution < -0.4 is 28.2 Å². The first-order valence-electron chi connectivity index (χ1n) is 16.4. The standard InChI is InChI=1S/C37H46N3O4.BrH/c1-38-32-22-19-28(34(32)35(41)39(2)37(38)43)18-8-4-5-13-23-40(3)29-20-21-30(40)25-31(24-29)44-36(42)33(26-14-9-6-10-15-26)27-16-11-7-12-17-27;/h6-7,9-12,14-17,19,22,28-31,33H,4-5,8,13,18,20-21,23-25H2,1-3H3;1H/q+1;/p-1. The van der Waals surface area contributed by atoms with Crippen LogP contribution in [0.1, 0.15) is 92.0 Å². The van der Waals surface area contributed by atoms with Crippen molar-refractivity contribution in [3.8, 4) is 0 Å². The monoisotopic (exact) mass is 675 g/mol. The molecule has 0 spiro atoms. The third kappa shape index (κ3) is 6.54. The molecule has 3 heterocycles. The zero-order valence-corrected chi connectivity index (χ0v) is 28.3. The number of fused-ring (bicyclic) bond motifs is 3. The Morgan fingerprint density at radius 3 is 2.04 bits per heavy atom. The van der Waals surface area contributed by atoms with E-state index in [0.29, 0.717) is 12.1 Å². The number of hydrogen-bond acceptors (Lipinski definition) is 4. The molecule has 1 aromatic heterocycles. The van der Waals surface area contributed by atoms with Crippen molar-refractivity contribution in [2.45, 2.75) is 87.8 Å². The van der Waals surface area contributed by atoms with E-state index in [1.807, 2.05) is 66.7 Å². The van der Waals surface area contributed by atoms with Crippen molar-refractivity contribution < 1.29 is 31.0 Å². The molecule has 2 aromatic carbocycles. The lowest BCUT2D eigenvalue weighted by Crippen LogP contribution is -3.00. The van der Waals surface area contributed by atoms with Crippen LogP contribution in [0.25, 0.3) is 6.08 Å². The number of ether oxygens (including phenoxy) is 1. The Morgan fingerprint density at radius 2 is 1.44 bits per heavy atom. The van der Waals surface area contributed by atoms with Gasteiger partial charge in [0.05, 0.1) is 31.4 Å². The molecular weight excluding hydrogens is 630 g/mol. The molecule has 3 unspecified atom stereocenters. The van der Waals surface area contributed by atoms with Gasteiger partial charge < -0.3 is 26.2 Å². The second kappa shape index (κ2) is 14.0. The van der Waals surface area contributed by atoms with E-state index in [2.05, 4.69) is 13.1 Å². The van der Waals surface area contributed by atoms with Crippen LogP contribution >= 0.6 is 0 Å². The predicted octanol–water partition coefficient (Wildman–Crippen LogP) is 2.66. The minimum Gasteiger partial charge on any atom is -1.00 e. The van der Waals surface area contributed by atoms with Gasteiger partial charge >= 0.3 is 11.7 Å². The largest absolute Gasteiger partial charge is 1.00 e. The molecule has 7 nitrogen and oxygen atoms in total. The Balaban J connectivity index is 0.00000400. The molecule has 0 amide bonds. The van der Waals surface area contributed by atoms with Crippen molar-refractivity contribution in [1.82, 2.24) is 9.13 Å². The zero-order chi connectivity index (χ0) is 30.8. The van der Waals surface area contributed by atoms with Gasteiger partial charge in [-0.1, -0.05) is 79.6 Å². The molecule has 3 aliphatic rings. The van der Waals surface area contributed by atoms with Crippen molar-refractivity contribution >= 4 is 12.0 Å². The van der Waals surface area contributed by atoms with Gasteiger partial charge in [-0.05, 0) is 36.5 Å². The molecule has 3 atom stereocenters. The minimum atomic E-state index is -0.402. The summed E-state index contributed by atoms with van der Waals surface area (Å²) in [6.07, 6.45) is 13.8. The molecule has 8 heteroatoms. The number of carbonyl (C=O) groups excluding carboxylic acids is 1.